The van der Waals surface area contributed by atoms with E-state index in [4.69, 9.17) is 5.73 Å². The van der Waals surface area contributed by atoms with Gasteiger partial charge in [-0.3, -0.25) is 14.5 Å². The number of nitrogens with one attached hydrogen (secondary N) is 1. The SMILES string of the molecule is NC(=O)c1cc(NS(=O)(=O)c2cncc(Br)c2)ccc1F. The molecule has 0 spiro atoms. The summed E-state index contributed by atoms with van der Waals surface area (Å²) in [6, 6.07) is 4.52. The number of amides is 1. The molecule has 2 aromatic rings. The molecular weight excluding hydrogens is 365 g/mol. The van der Waals surface area contributed by atoms with Crippen LogP contribution in [0.5, 0.6) is 0 Å². The Kier molecular flexibility index (Phi) is 4.24. The summed E-state index contributed by atoms with van der Waals surface area (Å²) < 4.78 is 40.3. The van der Waals surface area contributed by atoms with Crippen LogP contribution in [0.25, 0.3) is 0 Å². The predicted molar refractivity (Wildman–Crippen MR) is 77.7 cm³/mol. The topological polar surface area (TPSA) is 102 Å². The minimum atomic E-state index is -3.91. The summed E-state index contributed by atoms with van der Waals surface area (Å²) in [5.74, 6) is -1.81. The Morgan fingerprint density at radius 1 is 1.29 bits per heavy atom. The Morgan fingerprint density at radius 3 is 2.62 bits per heavy atom. The summed E-state index contributed by atoms with van der Waals surface area (Å²) in [5.41, 5.74) is 4.62. The molecule has 9 heteroatoms. The number of carbonyl (C=O) groups is 1. The van der Waals surface area contributed by atoms with Crippen molar-refractivity contribution in [2.24, 2.45) is 5.73 Å². The Bertz CT molecular complexity index is 811. The molecule has 1 aromatic carbocycles. The average molecular weight is 374 g/mol. The van der Waals surface area contributed by atoms with Gasteiger partial charge in [0.2, 0.25) is 0 Å². The van der Waals surface area contributed by atoms with Crippen molar-refractivity contribution in [1.82, 2.24) is 4.98 Å². The first-order chi connectivity index (χ1) is 9.79. The monoisotopic (exact) mass is 373 g/mol. The van der Waals surface area contributed by atoms with E-state index in [9.17, 15) is 17.6 Å². The molecule has 0 saturated heterocycles. The molecule has 1 aromatic heterocycles. The second kappa shape index (κ2) is 5.78. The smallest absolute Gasteiger partial charge is 0.263 e. The minimum Gasteiger partial charge on any atom is -0.366 e. The number of anilines is 1. The number of pyridine rings is 1. The molecule has 0 saturated carbocycles. The first-order valence-electron chi connectivity index (χ1n) is 5.52. The third-order valence-electron chi connectivity index (χ3n) is 2.47. The van der Waals surface area contributed by atoms with Gasteiger partial charge in [-0.2, -0.15) is 0 Å². The van der Waals surface area contributed by atoms with Crippen LogP contribution >= 0.6 is 15.9 Å². The van der Waals surface area contributed by atoms with Crippen molar-refractivity contribution in [2.75, 3.05) is 4.72 Å². The van der Waals surface area contributed by atoms with E-state index in [0.717, 1.165) is 18.3 Å². The Hall–Kier alpha value is -2.00. The van der Waals surface area contributed by atoms with Gasteiger partial charge in [-0.05, 0) is 40.2 Å². The highest BCUT2D eigenvalue weighted by molar-refractivity contribution is 9.10. The molecule has 3 N–H and O–H groups in total. The molecule has 0 aliphatic heterocycles. The first-order valence-corrected chi connectivity index (χ1v) is 7.80. The van der Waals surface area contributed by atoms with Crippen LogP contribution in [-0.2, 0) is 10.0 Å². The van der Waals surface area contributed by atoms with E-state index in [0.29, 0.717) is 4.47 Å². The zero-order valence-electron chi connectivity index (χ0n) is 10.4. The predicted octanol–water partition coefficient (Wildman–Crippen LogP) is 1.88. The number of primary amides is 1. The number of aromatic nitrogens is 1. The number of nitrogens with two attached hydrogens (primary N) is 1. The molecule has 0 radical (unpaired) electrons. The fraction of sp³-hybridized carbons (Fsp3) is 0. The van der Waals surface area contributed by atoms with Crippen molar-refractivity contribution >= 4 is 37.5 Å². The number of nitrogens with zero attached hydrogens (tertiary/aromatic N) is 1. The number of hydrogen-bond acceptors (Lipinski definition) is 4. The van der Waals surface area contributed by atoms with E-state index >= 15 is 0 Å². The lowest BCUT2D eigenvalue weighted by Gasteiger charge is -2.09. The molecule has 110 valence electrons. The normalized spacial score (nSPS) is 11.1. The van der Waals surface area contributed by atoms with Gasteiger partial charge in [0.1, 0.15) is 10.7 Å². The lowest BCUT2D eigenvalue weighted by atomic mass is 10.2. The molecule has 6 nitrogen and oxygen atoms in total. The van der Waals surface area contributed by atoms with Gasteiger partial charge in [-0.25, -0.2) is 12.8 Å². The van der Waals surface area contributed by atoms with Crippen molar-refractivity contribution in [2.45, 2.75) is 4.90 Å². The van der Waals surface area contributed by atoms with Gasteiger partial charge < -0.3 is 5.73 Å². The van der Waals surface area contributed by atoms with E-state index < -0.39 is 27.3 Å². The number of halogens is 2. The second-order valence-corrected chi connectivity index (χ2v) is 6.60. The molecule has 0 aliphatic carbocycles. The number of hydrogen-bond donors (Lipinski definition) is 2. The van der Waals surface area contributed by atoms with Gasteiger partial charge in [0.05, 0.1) is 5.56 Å². The van der Waals surface area contributed by atoms with Crippen LogP contribution in [0.1, 0.15) is 10.4 Å². The van der Waals surface area contributed by atoms with Crippen molar-refractivity contribution in [1.29, 1.82) is 0 Å². The summed E-state index contributed by atoms with van der Waals surface area (Å²) in [6.45, 7) is 0. The maximum absolute atomic E-state index is 13.3. The maximum Gasteiger partial charge on any atom is 0.263 e. The second-order valence-electron chi connectivity index (χ2n) is 4.00. The fourth-order valence-electron chi connectivity index (χ4n) is 1.53. The highest BCUT2D eigenvalue weighted by Gasteiger charge is 2.17. The fourth-order valence-corrected chi connectivity index (χ4v) is 3.08. The van der Waals surface area contributed by atoms with Crippen LogP contribution in [0.4, 0.5) is 10.1 Å². The van der Waals surface area contributed by atoms with Gasteiger partial charge in [0.25, 0.3) is 15.9 Å². The van der Waals surface area contributed by atoms with E-state index in [1.807, 2.05) is 0 Å². The van der Waals surface area contributed by atoms with Gasteiger partial charge >= 0.3 is 0 Å². The third-order valence-corrected chi connectivity index (χ3v) is 4.26. The summed E-state index contributed by atoms with van der Waals surface area (Å²) in [6.07, 6.45) is 2.59. The van der Waals surface area contributed by atoms with E-state index in [1.165, 1.54) is 18.3 Å². The maximum atomic E-state index is 13.3. The summed E-state index contributed by atoms with van der Waals surface area (Å²) in [4.78, 5) is 14.7. The zero-order valence-corrected chi connectivity index (χ0v) is 12.8. The molecule has 0 aliphatic rings. The van der Waals surface area contributed by atoms with Crippen LogP contribution < -0.4 is 10.5 Å². The van der Waals surface area contributed by atoms with Crippen molar-refractivity contribution in [3.8, 4) is 0 Å². The van der Waals surface area contributed by atoms with Crippen LogP contribution in [0.15, 0.2) is 46.0 Å². The number of sulfonamides is 1. The number of carbonyl (C=O) groups excluding carboxylic acids is 1. The summed E-state index contributed by atoms with van der Waals surface area (Å²) in [5, 5.41) is 0. The van der Waals surface area contributed by atoms with E-state index in [1.54, 1.807) is 0 Å². The third kappa shape index (κ3) is 3.56. The Morgan fingerprint density at radius 2 is 2.00 bits per heavy atom. The highest BCUT2D eigenvalue weighted by Crippen LogP contribution is 2.20. The van der Waals surface area contributed by atoms with Crippen LogP contribution in [0.3, 0.4) is 0 Å². The van der Waals surface area contributed by atoms with E-state index in [-0.39, 0.29) is 10.6 Å². The molecule has 1 amide bonds. The van der Waals surface area contributed by atoms with Crippen LogP contribution in [-0.4, -0.2) is 19.3 Å². The van der Waals surface area contributed by atoms with Gasteiger partial charge in [-0.15, -0.1) is 0 Å². The zero-order chi connectivity index (χ0) is 15.6. The Labute approximate surface area is 128 Å². The summed E-state index contributed by atoms with van der Waals surface area (Å²) >= 11 is 3.11. The molecule has 1 heterocycles. The molecule has 21 heavy (non-hydrogen) atoms. The number of benzene rings is 1. The average Bonchev–Trinajstić information content (AvgIpc) is 2.40. The first kappa shape index (κ1) is 15.4. The molecular formula is C12H9BrFN3O3S. The van der Waals surface area contributed by atoms with Crippen LogP contribution in [0, 0.1) is 5.82 Å². The quantitative estimate of drug-likeness (QED) is 0.853. The van der Waals surface area contributed by atoms with E-state index in [2.05, 4.69) is 25.6 Å². The van der Waals surface area contributed by atoms with Gasteiger partial charge in [0.15, 0.2) is 0 Å². The minimum absolute atomic E-state index is 0.0187. The lowest BCUT2D eigenvalue weighted by Crippen LogP contribution is -2.16. The van der Waals surface area contributed by atoms with Crippen molar-refractivity contribution in [3.05, 3.63) is 52.5 Å². The Balaban J connectivity index is 2.37. The highest BCUT2D eigenvalue weighted by atomic mass is 79.9. The molecule has 2 rings (SSSR count). The largest absolute Gasteiger partial charge is 0.366 e. The van der Waals surface area contributed by atoms with Crippen molar-refractivity contribution in [3.63, 3.8) is 0 Å². The van der Waals surface area contributed by atoms with Crippen molar-refractivity contribution < 1.29 is 17.6 Å². The molecule has 0 fully saturated rings. The molecule has 0 unspecified atom stereocenters. The summed E-state index contributed by atoms with van der Waals surface area (Å²) in [7, 11) is -3.91. The molecule has 0 atom stereocenters. The molecule has 0 bridgehead atoms. The lowest BCUT2D eigenvalue weighted by molar-refractivity contribution is 0.0996. The standard InChI is InChI=1S/C12H9BrFN3O3S/c13-7-3-9(6-16-5-7)21(19,20)17-8-1-2-11(14)10(4-8)12(15)18/h1-6,17H,(H2,15,18). The number of rotatable bonds is 4. The van der Waals surface area contributed by atoms with Gasteiger partial charge in [-0.1, -0.05) is 0 Å². The van der Waals surface area contributed by atoms with Crippen LogP contribution in [0.2, 0.25) is 0 Å². The van der Waals surface area contributed by atoms with Gasteiger partial charge in [0, 0.05) is 22.6 Å².